The maximum Gasteiger partial charge on any atom is 0.304 e. The minimum absolute atomic E-state index is 0.106. The van der Waals surface area contributed by atoms with Gasteiger partial charge in [0.25, 0.3) is 0 Å². The summed E-state index contributed by atoms with van der Waals surface area (Å²) in [5.41, 5.74) is 2.77. The predicted molar refractivity (Wildman–Crippen MR) is 61.7 cm³/mol. The first-order chi connectivity index (χ1) is 7.41. The zero-order valence-electron chi connectivity index (χ0n) is 9.78. The predicted octanol–water partition coefficient (Wildman–Crippen LogP) is 2.60. The molecule has 0 saturated heterocycles. The number of hydrogen-bond acceptors (Lipinski definition) is 2. The Morgan fingerprint density at radius 3 is 2.38 bits per heavy atom. The molecule has 1 atom stereocenters. The fourth-order valence-corrected chi connectivity index (χ4v) is 1.53. The molecule has 1 aromatic rings. The largest absolute Gasteiger partial charge is 0.481 e. The van der Waals surface area contributed by atoms with Crippen molar-refractivity contribution in [2.24, 2.45) is 5.92 Å². The minimum Gasteiger partial charge on any atom is -0.481 e. The van der Waals surface area contributed by atoms with E-state index in [0.29, 0.717) is 5.56 Å². The van der Waals surface area contributed by atoms with E-state index in [4.69, 9.17) is 5.11 Å². The standard InChI is InChI=1S/C13H16O3/c1-8-4-5-11(6-9(8)2)13(16)10(3)7-12(14)15/h4-6,10H,7H2,1-3H3,(H,14,15). The Balaban J connectivity index is 2.88. The number of carboxylic acids is 1. The van der Waals surface area contributed by atoms with Crippen LogP contribution >= 0.6 is 0 Å². The summed E-state index contributed by atoms with van der Waals surface area (Å²) in [4.78, 5) is 22.4. The highest BCUT2D eigenvalue weighted by atomic mass is 16.4. The van der Waals surface area contributed by atoms with Crippen molar-refractivity contribution in [3.05, 3.63) is 34.9 Å². The van der Waals surface area contributed by atoms with Gasteiger partial charge in [-0.2, -0.15) is 0 Å². The fraction of sp³-hybridized carbons (Fsp3) is 0.385. The number of aliphatic carboxylic acids is 1. The van der Waals surface area contributed by atoms with Gasteiger partial charge in [-0.1, -0.05) is 19.1 Å². The summed E-state index contributed by atoms with van der Waals surface area (Å²) < 4.78 is 0. The maximum absolute atomic E-state index is 11.9. The summed E-state index contributed by atoms with van der Waals surface area (Å²) in [5.74, 6) is -1.52. The number of carbonyl (C=O) groups excluding carboxylic acids is 1. The third kappa shape index (κ3) is 2.92. The third-order valence-electron chi connectivity index (χ3n) is 2.72. The van der Waals surface area contributed by atoms with Gasteiger partial charge in [-0.05, 0) is 31.0 Å². The van der Waals surface area contributed by atoms with Crippen LogP contribution in [0.4, 0.5) is 0 Å². The molecule has 1 unspecified atom stereocenters. The summed E-state index contributed by atoms with van der Waals surface area (Å²) in [7, 11) is 0. The molecule has 1 rings (SSSR count). The minimum atomic E-state index is -0.940. The Bertz CT molecular complexity index is 421. The molecule has 0 aliphatic heterocycles. The Kier molecular flexibility index (Phi) is 3.82. The van der Waals surface area contributed by atoms with Crippen LogP contribution in [0.5, 0.6) is 0 Å². The van der Waals surface area contributed by atoms with E-state index in [2.05, 4.69) is 0 Å². The summed E-state index contributed by atoms with van der Waals surface area (Å²) >= 11 is 0. The zero-order chi connectivity index (χ0) is 12.3. The van der Waals surface area contributed by atoms with Crippen LogP contribution in [0.1, 0.15) is 34.8 Å². The van der Waals surface area contributed by atoms with Crippen LogP contribution < -0.4 is 0 Å². The molecule has 0 aromatic heterocycles. The SMILES string of the molecule is Cc1ccc(C(=O)C(C)CC(=O)O)cc1C. The first-order valence-electron chi connectivity index (χ1n) is 5.25. The van der Waals surface area contributed by atoms with Crippen molar-refractivity contribution < 1.29 is 14.7 Å². The summed E-state index contributed by atoms with van der Waals surface area (Å²) in [6.45, 7) is 5.56. The molecule has 0 aliphatic rings. The van der Waals surface area contributed by atoms with E-state index >= 15 is 0 Å². The first kappa shape index (κ1) is 12.4. The van der Waals surface area contributed by atoms with E-state index in [1.165, 1.54) is 0 Å². The topological polar surface area (TPSA) is 54.4 Å². The summed E-state index contributed by atoms with van der Waals surface area (Å²) in [6, 6.07) is 5.45. The van der Waals surface area contributed by atoms with Gasteiger partial charge in [-0.15, -0.1) is 0 Å². The van der Waals surface area contributed by atoms with E-state index < -0.39 is 11.9 Å². The molecule has 0 heterocycles. The highest BCUT2D eigenvalue weighted by Gasteiger charge is 2.18. The molecule has 3 heteroatoms. The second-order valence-electron chi connectivity index (χ2n) is 4.16. The van der Waals surface area contributed by atoms with Gasteiger partial charge in [0, 0.05) is 11.5 Å². The number of rotatable bonds is 4. The van der Waals surface area contributed by atoms with Crippen LogP contribution in [0.3, 0.4) is 0 Å². The van der Waals surface area contributed by atoms with Gasteiger partial charge < -0.3 is 5.11 Å². The lowest BCUT2D eigenvalue weighted by Crippen LogP contribution is -2.15. The molecule has 0 aliphatic carbocycles. The van der Waals surface area contributed by atoms with Crippen LogP contribution in [0, 0.1) is 19.8 Å². The second-order valence-corrected chi connectivity index (χ2v) is 4.16. The molecule has 1 aromatic carbocycles. The Morgan fingerprint density at radius 2 is 1.88 bits per heavy atom. The number of benzene rings is 1. The molecule has 0 spiro atoms. The van der Waals surface area contributed by atoms with Gasteiger partial charge in [0.05, 0.1) is 6.42 Å². The van der Waals surface area contributed by atoms with E-state index in [-0.39, 0.29) is 12.2 Å². The molecule has 3 nitrogen and oxygen atoms in total. The normalized spacial score (nSPS) is 12.2. The van der Waals surface area contributed by atoms with Gasteiger partial charge in [0.2, 0.25) is 0 Å². The molecule has 0 fully saturated rings. The quantitative estimate of drug-likeness (QED) is 0.793. The Morgan fingerprint density at radius 1 is 1.25 bits per heavy atom. The van der Waals surface area contributed by atoms with Gasteiger partial charge in [-0.25, -0.2) is 0 Å². The van der Waals surface area contributed by atoms with Crippen molar-refractivity contribution in [2.75, 3.05) is 0 Å². The zero-order valence-corrected chi connectivity index (χ0v) is 9.78. The van der Waals surface area contributed by atoms with Crippen LogP contribution in [0.15, 0.2) is 18.2 Å². The summed E-state index contributed by atoms with van der Waals surface area (Å²) in [6.07, 6.45) is -0.119. The van der Waals surface area contributed by atoms with Gasteiger partial charge in [-0.3, -0.25) is 9.59 Å². The highest BCUT2D eigenvalue weighted by Crippen LogP contribution is 2.15. The molecule has 0 radical (unpaired) electrons. The molecule has 0 amide bonds. The van der Waals surface area contributed by atoms with Crippen molar-refractivity contribution in [3.63, 3.8) is 0 Å². The van der Waals surface area contributed by atoms with Gasteiger partial charge >= 0.3 is 5.97 Å². The number of carboxylic acid groups (broad SMARTS) is 1. The lowest BCUT2D eigenvalue weighted by atomic mass is 9.94. The molecule has 1 N–H and O–H groups in total. The smallest absolute Gasteiger partial charge is 0.304 e. The lowest BCUT2D eigenvalue weighted by molar-refractivity contribution is -0.137. The van der Waals surface area contributed by atoms with E-state index in [0.717, 1.165) is 11.1 Å². The van der Waals surface area contributed by atoms with Crippen molar-refractivity contribution in [3.8, 4) is 0 Å². The van der Waals surface area contributed by atoms with Crippen molar-refractivity contribution in [2.45, 2.75) is 27.2 Å². The Hall–Kier alpha value is -1.64. The van der Waals surface area contributed by atoms with Crippen LogP contribution in [-0.2, 0) is 4.79 Å². The van der Waals surface area contributed by atoms with Crippen LogP contribution in [-0.4, -0.2) is 16.9 Å². The molecule has 16 heavy (non-hydrogen) atoms. The second kappa shape index (κ2) is 4.92. The van der Waals surface area contributed by atoms with Crippen molar-refractivity contribution >= 4 is 11.8 Å². The third-order valence-corrected chi connectivity index (χ3v) is 2.72. The van der Waals surface area contributed by atoms with Gasteiger partial charge in [0.1, 0.15) is 0 Å². The molecular formula is C13H16O3. The fourth-order valence-electron chi connectivity index (χ4n) is 1.53. The number of ketones is 1. The van der Waals surface area contributed by atoms with Gasteiger partial charge in [0.15, 0.2) is 5.78 Å². The number of aryl methyl sites for hydroxylation is 2. The van der Waals surface area contributed by atoms with Crippen LogP contribution in [0.2, 0.25) is 0 Å². The monoisotopic (exact) mass is 220 g/mol. The Labute approximate surface area is 95.1 Å². The summed E-state index contributed by atoms with van der Waals surface area (Å²) in [5, 5.41) is 8.63. The molecule has 86 valence electrons. The number of hydrogen-bond donors (Lipinski definition) is 1. The van der Waals surface area contributed by atoms with Crippen LogP contribution in [0.25, 0.3) is 0 Å². The average molecular weight is 220 g/mol. The number of Topliss-reactive ketones (excluding diaryl/α,β-unsaturated/α-hetero) is 1. The average Bonchev–Trinajstić information content (AvgIpc) is 2.20. The van der Waals surface area contributed by atoms with E-state index in [1.807, 2.05) is 26.0 Å². The maximum atomic E-state index is 11.9. The molecule has 0 saturated carbocycles. The first-order valence-corrected chi connectivity index (χ1v) is 5.25. The van der Waals surface area contributed by atoms with E-state index in [1.54, 1.807) is 13.0 Å². The molecule has 0 bridgehead atoms. The molecular weight excluding hydrogens is 204 g/mol. The van der Waals surface area contributed by atoms with Crippen molar-refractivity contribution in [1.82, 2.24) is 0 Å². The van der Waals surface area contributed by atoms with Crippen molar-refractivity contribution in [1.29, 1.82) is 0 Å². The lowest BCUT2D eigenvalue weighted by Gasteiger charge is -2.09. The highest BCUT2D eigenvalue weighted by molar-refractivity contribution is 5.99. The van der Waals surface area contributed by atoms with E-state index in [9.17, 15) is 9.59 Å². The number of carbonyl (C=O) groups is 2.